The molecular formula is C9H7ClF2INO2. The minimum Gasteiger partial charge on any atom is -0.462 e. The van der Waals surface area contributed by atoms with Crippen LogP contribution in [0.3, 0.4) is 0 Å². The van der Waals surface area contributed by atoms with Crippen LogP contribution in [0.15, 0.2) is 6.20 Å². The third kappa shape index (κ3) is 2.79. The smallest absolute Gasteiger partial charge is 0.340 e. The lowest BCUT2D eigenvalue weighted by Gasteiger charge is -2.09. The molecule has 0 atom stereocenters. The van der Waals surface area contributed by atoms with Gasteiger partial charge in [0.1, 0.15) is 5.15 Å². The van der Waals surface area contributed by atoms with Gasteiger partial charge in [0.25, 0.3) is 6.43 Å². The van der Waals surface area contributed by atoms with Crippen molar-refractivity contribution in [2.24, 2.45) is 0 Å². The number of rotatable bonds is 3. The molecule has 0 aliphatic heterocycles. The number of nitrogens with zero attached hydrogens (tertiary/aromatic N) is 1. The van der Waals surface area contributed by atoms with Crippen molar-refractivity contribution in [2.45, 2.75) is 13.3 Å². The van der Waals surface area contributed by atoms with Crippen LogP contribution in [0.2, 0.25) is 5.15 Å². The number of ether oxygens (including phenoxy) is 1. The second-order valence-corrected chi connectivity index (χ2v) is 4.15. The van der Waals surface area contributed by atoms with Crippen LogP contribution in [0.25, 0.3) is 0 Å². The number of carbonyl (C=O) groups is 1. The van der Waals surface area contributed by atoms with Crippen LogP contribution < -0.4 is 0 Å². The van der Waals surface area contributed by atoms with Gasteiger partial charge in [0, 0.05) is 9.77 Å². The Hall–Kier alpha value is -0.500. The topological polar surface area (TPSA) is 39.2 Å². The number of hydrogen-bond acceptors (Lipinski definition) is 3. The second-order valence-electron chi connectivity index (χ2n) is 2.71. The fourth-order valence-electron chi connectivity index (χ4n) is 1.02. The average molecular weight is 362 g/mol. The van der Waals surface area contributed by atoms with Gasteiger partial charge in [-0.25, -0.2) is 18.6 Å². The molecule has 0 aliphatic rings. The van der Waals surface area contributed by atoms with E-state index in [4.69, 9.17) is 16.3 Å². The second kappa shape index (κ2) is 5.72. The molecule has 0 N–H and O–H groups in total. The van der Waals surface area contributed by atoms with E-state index in [2.05, 4.69) is 4.98 Å². The fourth-order valence-corrected chi connectivity index (χ4v) is 2.26. The zero-order valence-electron chi connectivity index (χ0n) is 8.14. The lowest BCUT2D eigenvalue weighted by atomic mass is 10.2. The minimum absolute atomic E-state index is 0.00199. The number of pyridine rings is 1. The molecule has 0 aliphatic carbocycles. The van der Waals surface area contributed by atoms with Gasteiger partial charge in [-0.05, 0) is 29.5 Å². The summed E-state index contributed by atoms with van der Waals surface area (Å²) in [5.74, 6) is -0.682. The molecule has 16 heavy (non-hydrogen) atoms. The van der Waals surface area contributed by atoms with Crippen LogP contribution in [0.5, 0.6) is 0 Å². The zero-order valence-corrected chi connectivity index (χ0v) is 11.1. The summed E-state index contributed by atoms with van der Waals surface area (Å²) in [6.45, 7) is 1.80. The molecule has 0 radical (unpaired) electrons. The van der Waals surface area contributed by atoms with Gasteiger partial charge in [-0.3, -0.25) is 0 Å². The van der Waals surface area contributed by atoms with Gasteiger partial charge in [0.2, 0.25) is 0 Å². The van der Waals surface area contributed by atoms with Crippen molar-refractivity contribution in [1.29, 1.82) is 0 Å². The summed E-state index contributed by atoms with van der Waals surface area (Å²) in [5, 5.41) is -0.299. The number of esters is 1. The molecule has 0 aromatic carbocycles. The number of halogens is 4. The maximum absolute atomic E-state index is 12.6. The predicted molar refractivity (Wildman–Crippen MR) is 62.9 cm³/mol. The van der Waals surface area contributed by atoms with Crippen LogP contribution >= 0.6 is 34.2 Å². The van der Waals surface area contributed by atoms with E-state index < -0.39 is 18.0 Å². The Morgan fingerprint density at radius 1 is 1.69 bits per heavy atom. The predicted octanol–water partition coefficient (Wildman–Crippen LogP) is 3.45. The summed E-state index contributed by atoms with van der Waals surface area (Å²) in [7, 11) is 0. The van der Waals surface area contributed by atoms with E-state index in [1.54, 1.807) is 29.5 Å². The first kappa shape index (κ1) is 13.6. The van der Waals surface area contributed by atoms with Crippen LogP contribution in [0.4, 0.5) is 8.78 Å². The number of hydrogen-bond donors (Lipinski definition) is 0. The standard InChI is InChI=1S/C9H7ClF2INO2/c1-2-16-9(15)4-3-14-7(10)5(6(4)13)8(11)12/h3,8H,2H2,1H3. The largest absolute Gasteiger partial charge is 0.462 e. The van der Waals surface area contributed by atoms with Crippen molar-refractivity contribution in [3.8, 4) is 0 Å². The molecule has 7 heteroatoms. The molecule has 0 unspecified atom stereocenters. The van der Waals surface area contributed by atoms with E-state index in [1.165, 1.54) is 0 Å². The molecular weight excluding hydrogens is 354 g/mol. The maximum Gasteiger partial charge on any atom is 0.340 e. The van der Waals surface area contributed by atoms with E-state index in [0.29, 0.717) is 0 Å². The Morgan fingerprint density at radius 2 is 2.31 bits per heavy atom. The minimum atomic E-state index is -2.78. The van der Waals surface area contributed by atoms with Crippen molar-refractivity contribution in [2.75, 3.05) is 6.61 Å². The normalized spacial score (nSPS) is 10.6. The summed E-state index contributed by atoms with van der Waals surface area (Å²) in [6.07, 6.45) is -1.64. The number of alkyl halides is 2. The fraction of sp³-hybridized carbons (Fsp3) is 0.333. The van der Waals surface area contributed by atoms with Crippen LogP contribution in [-0.4, -0.2) is 17.6 Å². The lowest BCUT2D eigenvalue weighted by molar-refractivity contribution is 0.0524. The van der Waals surface area contributed by atoms with Gasteiger partial charge in [-0.1, -0.05) is 11.6 Å². The van der Waals surface area contributed by atoms with Crippen LogP contribution in [0.1, 0.15) is 29.3 Å². The molecule has 3 nitrogen and oxygen atoms in total. The van der Waals surface area contributed by atoms with Crippen molar-refractivity contribution in [3.63, 3.8) is 0 Å². The number of aromatic nitrogens is 1. The quantitative estimate of drug-likeness (QED) is 0.470. The molecule has 0 spiro atoms. The maximum atomic E-state index is 12.6. The van der Waals surface area contributed by atoms with Crippen LogP contribution in [0, 0.1) is 3.57 Å². The summed E-state index contributed by atoms with van der Waals surface area (Å²) in [5.41, 5.74) is -0.435. The van der Waals surface area contributed by atoms with Crippen LogP contribution in [-0.2, 0) is 4.74 Å². The molecule has 0 fully saturated rings. The first-order valence-electron chi connectivity index (χ1n) is 4.28. The summed E-state index contributed by atoms with van der Waals surface area (Å²) in [4.78, 5) is 14.9. The Labute approximate surface area is 109 Å². The van der Waals surface area contributed by atoms with E-state index in [1.807, 2.05) is 0 Å². The molecule has 88 valence electrons. The number of carbonyl (C=O) groups excluding carboxylic acids is 1. The van der Waals surface area contributed by atoms with Gasteiger partial charge in [-0.15, -0.1) is 0 Å². The Bertz CT molecular complexity index is 415. The van der Waals surface area contributed by atoms with Gasteiger partial charge in [0.15, 0.2) is 0 Å². The van der Waals surface area contributed by atoms with Gasteiger partial charge >= 0.3 is 5.97 Å². The van der Waals surface area contributed by atoms with E-state index in [0.717, 1.165) is 6.20 Å². The summed E-state index contributed by atoms with van der Waals surface area (Å²) >= 11 is 7.16. The highest BCUT2D eigenvalue weighted by atomic mass is 127. The van der Waals surface area contributed by atoms with Crippen molar-refractivity contribution < 1.29 is 18.3 Å². The van der Waals surface area contributed by atoms with Gasteiger partial charge in [-0.2, -0.15) is 0 Å². The van der Waals surface area contributed by atoms with E-state index in [9.17, 15) is 13.6 Å². The summed E-state index contributed by atoms with van der Waals surface area (Å²) in [6, 6.07) is 0. The molecule has 0 bridgehead atoms. The molecule has 0 saturated heterocycles. The van der Waals surface area contributed by atoms with E-state index in [-0.39, 0.29) is 20.9 Å². The molecule has 1 rings (SSSR count). The molecule has 1 heterocycles. The SMILES string of the molecule is CCOC(=O)c1cnc(Cl)c(C(F)F)c1I. The molecule has 1 aromatic heterocycles. The molecule has 1 aromatic rings. The van der Waals surface area contributed by atoms with Gasteiger partial charge < -0.3 is 4.74 Å². The Morgan fingerprint density at radius 3 is 2.81 bits per heavy atom. The first-order valence-corrected chi connectivity index (χ1v) is 5.73. The van der Waals surface area contributed by atoms with Crippen molar-refractivity contribution in [1.82, 2.24) is 4.98 Å². The zero-order chi connectivity index (χ0) is 12.3. The Kier molecular flexibility index (Phi) is 4.85. The summed E-state index contributed by atoms with van der Waals surface area (Å²) < 4.78 is 30.1. The van der Waals surface area contributed by atoms with Gasteiger partial charge in [0.05, 0.1) is 17.7 Å². The third-order valence-electron chi connectivity index (χ3n) is 1.72. The van der Waals surface area contributed by atoms with Crippen molar-refractivity contribution >= 4 is 40.2 Å². The molecule has 0 amide bonds. The molecule has 0 saturated carbocycles. The lowest BCUT2D eigenvalue weighted by Crippen LogP contribution is -2.10. The van der Waals surface area contributed by atoms with Crippen molar-refractivity contribution in [3.05, 3.63) is 26.0 Å². The average Bonchev–Trinajstić information content (AvgIpc) is 2.17. The highest BCUT2D eigenvalue weighted by Gasteiger charge is 2.23. The highest BCUT2D eigenvalue weighted by Crippen LogP contribution is 2.31. The monoisotopic (exact) mass is 361 g/mol. The van der Waals surface area contributed by atoms with E-state index >= 15 is 0 Å². The Balaban J connectivity index is 3.23. The third-order valence-corrected chi connectivity index (χ3v) is 3.18. The first-order chi connectivity index (χ1) is 7.49. The highest BCUT2D eigenvalue weighted by molar-refractivity contribution is 14.1.